The van der Waals surface area contributed by atoms with Crippen LogP contribution in [0, 0.1) is 10.1 Å². The van der Waals surface area contributed by atoms with Crippen molar-refractivity contribution in [1.82, 2.24) is 14.3 Å². The highest BCUT2D eigenvalue weighted by Crippen LogP contribution is 2.24. The summed E-state index contributed by atoms with van der Waals surface area (Å²) in [5, 5.41) is 10.7. The van der Waals surface area contributed by atoms with E-state index in [2.05, 4.69) is 25.9 Å². The molecule has 1 aromatic heterocycles. The van der Waals surface area contributed by atoms with E-state index in [1.807, 2.05) is 0 Å². The Labute approximate surface area is 158 Å². The number of nitrogens with zero attached hydrogens (tertiary/aromatic N) is 4. The average Bonchev–Trinajstić information content (AvgIpc) is 2.64. The minimum absolute atomic E-state index is 0.0173. The number of benzene rings is 1. The smallest absolute Gasteiger partial charge is 0.316 e. The van der Waals surface area contributed by atoms with E-state index in [4.69, 9.17) is 4.74 Å². The van der Waals surface area contributed by atoms with Crippen LogP contribution in [0.3, 0.4) is 0 Å². The monoisotopic (exact) mass is 442 g/mol. The largest absolute Gasteiger partial charge is 0.459 e. The summed E-state index contributed by atoms with van der Waals surface area (Å²) < 4.78 is 33.3. The van der Waals surface area contributed by atoms with Crippen LogP contribution < -0.4 is 4.74 Å². The Morgan fingerprint density at radius 1 is 1.23 bits per heavy atom. The van der Waals surface area contributed by atoms with Gasteiger partial charge in [0, 0.05) is 31.1 Å². The normalized spacial score (nSPS) is 18.4. The minimum atomic E-state index is -3.75. The molecule has 0 radical (unpaired) electrons. The fourth-order valence-electron chi connectivity index (χ4n) is 2.62. The van der Waals surface area contributed by atoms with Gasteiger partial charge in [0.25, 0.3) is 5.69 Å². The molecule has 1 atom stereocenters. The second kappa shape index (κ2) is 7.64. The van der Waals surface area contributed by atoms with Crippen molar-refractivity contribution in [2.24, 2.45) is 0 Å². The molecule has 0 aliphatic carbocycles. The fraction of sp³-hybridized carbons (Fsp3) is 0.333. The van der Waals surface area contributed by atoms with Gasteiger partial charge >= 0.3 is 6.01 Å². The molecule has 1 saturated heterocycles. The number of piperidine rings is 1. The quantitative estimate of drug-likeness (QED) is 0.515. The zero-order valence-electron chi connectivity index (χ0n) is 13.5. The molecular weight excluding hydrogens is 428 g/mol. The maximum absolute atomic E-state index is 12.8. The second-order valence-electron chi connectivity index (χ2n) is 5.68. The number of aromatic nitrogens is 2. The highest BCUT2D eigenvalue weighted by Gasteiger charge is 2.31. The maximum atomic E-state index is 12.8. The van der Waals surface area contributed by atoms with E-state index in [0.717, 1.165) is 4.47 Å². The standard InChI is InChI=1S/C15H15BrN4O5S/c16-11-8-17-15(18-9-11)25-13-2-1-7-19(10-13)26(23,24)14-5-3-12(4-6-14)20(21)22/h3-6,8-9,13H,1-2,7,10H2. The fourth-order valence-corrected chi connectivity index (χ4v) is 4.33. The lowest BCUT2D eigenvalue weighted by molar-refractivity contribution is -0.384. The van der Waals surface area contributed by atoms with Crippen molar-refractivity contribution in [3.05, 3.63) is 51.2 Å². The number of halogens is 1. The summed E-state index contributed by atoms with van der Waals surface area (Å²) in [5.74, 6) is 0. The summed E-state index contributed by atoms with van der Waals surface area (Å²) in [6, 6.07) is 5.04. The number of rotatable bonds is 5. The lowest BCUT2D eigenvalue weighted by atomic mass is 10.1. The zero-order valence-corrected chi connectivity index (χ0v) is 15.9. The number of hydrogen-bond donors (Lipinski definition) is 0. The lowest BCUT2D eigenvalue weighted by Gasteiger charge is -2.31. The van der Waals surface area contributed by atoms with Crippen molar-refractivity contribution >= 4 is 31.6 Å². The van der Waals surface area contributed by atoms with Crippen molar-refractivity contribution in [1.29, 1.82) is 0 Å². The van der Waals surface area contributed by atoms with Crippen LogP contribution >= 0.6 is 15.9 Å². The molecule has 26 heavy (non-hydrogen) atoms. The Hall–Kier alpha value is -2.11. The van der Waals surface area contributed by atoms with Crippen LogP contribution in [0.25, 0.3) is 0 Å². The molecule has 0 saturated carbocycles. The van der Waals surface area contributed by atoms with Gasteiger partial charge in [0.2, 0.25) is 10.0 Å². The first kappa shape index (κ1) is 18.7. The summed E-state index contributed by atoms with van der Waals surface area (Å²) >= 11 is 3.24. The van der Waals surface area contributed by atoms with E-state index >= 15 is 0 Å². The molecule has 3 rings (SSSR count). The summed E-state index contributed by atoms with van der Waals surface area (Å²) in [6.07, 6.45) is 4.06. The highest BCUT2D eigenvalue weighted by atomic mass is 79.9. The van der Waals surface area contributed by atoms with Gasteiger partial charge in [0.05, 0.1) is 20.8 Å². The van der Waals surface area contributed by atoms with Gasteiger partial charge in [-0.2, -0.15) is 4.31 Å². The van der Waals surface area contributed by atoms with Crippen LogP contribution in [0.1, 0.15) is 12.8 Å². The number of non-ortho nitro benzene ring substituents is 1. The molecule has 0 bridgehead atoms. The molecule has 138 valence electrons. The van der Waals surface area contributed by atoms with Crippen LogP contribution in [-0.4, -0.2) is 46.8 Å². The third-order valence-electron chi connectivity index (χ3n) is 3.89. The summed E-state index contributed by atoms with van der Waals surface area (Å²) in [7, 11) is -3.75. The molecule has 9 nitrogen and oxygen atoms in total. The molecule has 0 N–H and O–H groups in total. The van der Waals surface area contributed by atoms with Crippen LogP contribution in [0.5, 0.6) is 6.01 Å². The van der Waals surface area contributed by atoms with Crippen molar-refractivity contribution in [3.63, 3.8) is 0 Å². The van der Waals surface area contributed by atoms with Crippen molar-refractivity contribution in [3.8, 4) is 6.01 Å². The van der Waals surface area contributed by atoms with Gasteiger partial charge in [-0.3, -0.25) is 10.1 Å². The topological polar surface area (TPSA) is 116 Å². The summed E-state index contributed by atoms with van der Waals surface area (Å²) in [5.41, 5.74) is -0.156. The van der Waals surface area contributed by atoms with E-state index in [0.29, 0.717) is 19.4 Å². The molecule has 1 aliphatic rings. The van der Waals surface area contributed by atoms with E-state index in [-0.39, 0.29) is 29.2 Å². The molecule has 2 heterocycles. The van der Waals surface area contributed by atoms with E-state index < -0.39 is 14.9 Å². The lowest BCUT2D eigenvalue weighted by Crippen LogP contribution is -2.44. The van der Waals surface area contributed by atoms with E-state index in [1.54, 1.807) is 12.4 Å². The molecule has 2 aromatic rings. The van der Waals surface area contributed by atoms with E-state index in [1.165, 1.54) is 28.6 Å². The zero-order chi connectivity index (χ0) is 18.7. The highest BCUT2D eigenvalue weighted by molar-refractivity contribution is 9.10. The predicted octanol–water partition coefficient (Wildman–Crippen LogP) is 2.38. The third kappa shape index (κ3) is 4.17. The first-order valence-electron chi connectivity index (χ1n) is 7.75. The third-order valence-corrected chi connectivity index (χ3v) is 6.18. The van der Waals surface area contributed by atoms with Gasteiger partial charge in [-0.15, -0.1) is 0 Å². The average molecular weight is 443 g/mol. The summed E-state index contributed by atoms with van der Waals surface area (Å²) in [6.45, 7) is 0.527. The molecule has 1 aromatic carbocycles. The van der Waals surface area contributed by atoms with Gasteiger partial charge in [-0.25, -0.2) is 18.4 Å². The Kier molecular flexibility index (Phi) is 5.49. The SMILES string of the molecule is O=[N+]([O-])c1ccc(S(=O)(=O)N2CCCC(Oc3ncc(Br)cn3)C2)cc1. The second-order valence-corrected chi connectivity index (χ2v) is 8.53. The van der Waals surface area contributed by atoms with Gasteiger partial charge in [-0.05, 0) is 40.9 Å². The van der Waals surface area contributed by atoms with Crippen LogP contribution in [0.4, 0.5) is 5.69 Å². The van der Waals surface area contributed by atoms with Crippen LogP contribution in [0.2, 0.25) is 0 Å². The molecule has 11 heteroatoms. The van der Waals surface area contributed by atoms with Crippen molar-refractivity contribution in [2.45, 2.75) is 23.8 Å². The van der Waals surface area contributed by atoms with Gasteiger partial charge in [0.15, 0.2) is 0 Å². The van der Waals surface area contributed by atoms with Crippen LogP contribution in [0.15, 0.2) is 46.0 Å². The maximum Gasteiger partial charge on any atom is 0.316 e. The predicted molar refractivity (Wildman–Crippen MR) is 95.2 cm³/mol. The number of sulfonamides is 1. The van der Waals surface area contributed by atoms with Crippen LogP contribution in [-0.2, 0) is 10.0 Å². The Morgan fingerprint density at radius 2 is 1.88 bits per heavy atom. The first-order valence-corrected chi connectivity index (χ1v) is 9.98. The molecular formula is C15H15BrN4O5S. The molecule has 1 unspecified atom stereocenters. The van der Waals surface area contributed by atoms with E-state index in [9.17, 15) is 18.5 Å². The number of hydrogen-bond acceptors (Lipinski definition) is 7. The number of ether oxygens (including phenoxy) is 1. The van der Waals surface area contributed by atoms with Gasteiger partial charge < -0.3 is 4.74 Å². The molecule has 1 fully saturated rings. The van der Waals surface area contributed by atoms with Crippen molar-refractivity contribution < 1.29 is 18.1 Å². The minimum Gasteiger partial charge on any atom is -0.459 e. The molecule has 1 aliphatic heterocycles. The van der Waals surface area contributed by atoms with Crippen molar-refractivity contribution in [2.75, 3.05) is 13.1 Å². The Bertz CT molecular complexity index is 889. The Morgan fingerprint density at radius 3 is 2.50 bits per heavy atom. The Balaban J connectivity index is 1.73. The van der Waals surface area contributed by atoms with Gasteiger partial charge in [0.1, 0.15) is 6.10 Å². The number of nitro groups is 1. The first-order chi connectivity index (χ1) is 12.4. The molecule has 0 spiro atoms. The summed E-state index contributed by atoms with van der Waals surface area (Å²) in [4.78, 5) is 18.2. The molecule has 0 amide bonds. The van der Waals surface area contributed by atoms with Gasteiger partial charge in [-0.1, -0.05) is 0 Å². The number of nitro benzene ring substituents is 1.